The van der Waals surface area contributed by atoms with Crippen molar-refractivity contribution in [2.75, 3.05) is 26.3 Å². The van der Waals surface area contributed by atoms with Gasteiger partial charge in [-0.25, -0.2) is 8.42 Å². The van der Waals surface area contributed by atoms with Crippen LogP contribution in [0, 0.1) is 12.8 Å². The third-order valence-electron chi connectivity index (χ3n) is 6.15. The first-order valence-corrected chi connectivity index (χ1v) is 11.7. The normalized spacial score (nSPS) is 23.9. The lowest BCUT2D eigenvalue weighted by Crippen LogP contribution is -2.41. The minimum absolute atomic E-state index is 0.154. The second-order valence-electron chi connectivity index (χ2n) is 8.07. The topological polar surface area (TPSA) is 88.8 Å². The molecule has 1 aliphatic carbocycles. The number of morpholine rings is 1. The molecule has 2 atom stereocenters. The van der Waals surface area contributed by atoms with E-state index < -0.39 is 10.0 Å². The minimum Gasteiger partial charge on any atom is -0.451 e. The molecule has 1 saturated heterocycles. The number of carbonyl (C=O) groups excluding carboxylic acids is 1. The number of hydrogen-bond donors (Lipinski definition) is 1. The lowest BCUT2D eigenvalue weighted by atomic mass is 9.86. The summed E-state index contributed by atoms with van der Waals surface area (Å²) in [6, 6.07) is 4.94. The molecule has 8 heteroatoms. The van der Waals surface area contributed by atoms with Crippen molar-refractivity contribution in [3.05, 3.63) is 29.5 Å². The summed E-state index contributed by atoms with van der Waals surface area (Å²) in [5.74, 6) is 0.483. The average molecular weight is 421 g/mol. The van der Waals surface area contributed by atoms with E-state index in [0.29, 0.717) is 48.8 Å². The molecule has 2 heterocycles. The van der Waals surface area contributed by atoms with E-state index in [0.717, 1.165) is 19.3 Å². The van der Waals surface area contributed by atoms with E-state index in [9.17, 15) is 13.2 Å². The number of sulfonamides is 1. The summed E-state index contributed by atoms with van der Waals surface area (Å²) in [7, 11) is -3.60. The number of benzene rings is 1. The highest BCUT2D eigenvalue weighted by molar-refractivity contribution is 7.89. The second kappa shape index (κ2) is 8.08. The Balaban J connectivity index is 1.61. The van der Waals surface area contributed by atoms with Crippen LogP contribution in [0.15, 0.2) is 27.5 Å². The highest BCUT2D eigenvalue weighted by atomic mass is 32.2. The molecule has 29 heavy (non-hydrogen) atoms. The van der Waals surface area contributed by atoms with E-state index in [-0.39, 0.29) is 22.6 Å². The summed E-state index contributed by atoms with van der Waals surface area (Å²) in [6.07, 6.45) is 4.43. The summed E-state index contributed by atoms with van der Waals surface area (Å²) in [5, 5.41) is 3.76. The number of nitrogens with one attached hydrogen (secondary N) is 1. The van der Waals surface area contributed by atoms with Crippen LogP contribution >= 0.6 is 0 Å². The van der Waals surface area contributed by atoms with Gasteiger partial charge in [0.1, 0.15) is 5.58 Å². The van der Waals surface area contributed by atoms with Crippen molar-refractivity contribution in [1.29, 1.82) is 0 Å². The van der Waals surface area contributed by atoms with Gasteiger partial charge in [-0.05, 0) is 43.9 Å². The van der Waals surface area contributed by atoms with Gasteiger partial charge in [0.2, 0.25) is 10.0 Å². The molecule has 2 unspecified atom stereocenters. The van der Waals surface area contributed by atoms with Gasteiger partial charge in [-0.3, -0.25) is 4.79 Å². The molecule has 1 aromatic carbocycles. The second-order valence-corrected chi connectivity index (χ2v) is 10.0. The molecule has 1 aromatic heterocycles. The van der Waals surface area contributed by atoms with E-state index in [1.54, 1.807) is 25.1 Å². The number of hydrogen-bond acceptors (Lipinski definition) is 5. The smallest absolute Gasteiger partial charge is 0.287 e. The van der Waals surface area contributed by atoms with Crippen LogP contribution < -0.4 is 5.32 Å². The van der Waals surface area contributed by atoms with E-state index in [1.165, 1.54) is 10.7 Å². The van der Waals surface area contributed by atoms with Gasteiger partial charge in [-0.2, -0.15) is 4.31 Å². The van der Waals surface area contributed by atoms with E-state index in [1.807, 2.05) is 0 Å². The molecular weight excluding hydrogens is 392 g/mol. The Labute approximate surface area is 171 Å². The first-order valence-electron chi connectivity index (χ1n) is 10.3. The highest BCUT2D eigenvalue weighted by Gasteiger charge is 2.29. The molecule has 1 aliphatic heterocycles. The minimum atomic E-state index is -3.60. The maximum Gasteiger partial charge on any atom is 0.287 e. The van der Waals surface area contributed by atoms with Crippen molar-refractivity contribution in [1.82, 2.24) is 9.62 Å². The van der Waals surface area contributed by atoms with Gasteiger partial charge in [0.15, 0.2) is 5.76 Å². The summed E-state index contributed by atoms with van der Waals surface area (Å²) in [5.41, 5.74) is 1.19. The molecule has 7 nitrogen and oxygen atoms in total. The fourth-order valence-electron chi connectivity index (χ4n) is 4.28. The molecule has 158 valence electrons. The van der Waals surface area contributed by atoms with Gasteiger partial charge >= 0.3 is 0 Å². The van der Waals surface area contributed by atoms with E-state index >= 15 is 0 Å². The van der Waals surface area contributed by atoms with Gasteiger partial charge in [-0.1, -0.05) is 19.8 Å². The third-order valence-corrected chi connectivity index (χ3v) is 8.04. The molecule has 2 fully saturated rings. The van der Waals surface area contributed by atoms with Crippen LogP contribution in [0.2, 0.25) is 0 Å². The lowest BCUT2D eigenvalue weighted by molar-refractivity contribution is 0.0730. The Morgan fingerprint density at radius 2 is 1.90 bits per heavy atom. The Hall–Kier alpha value is -1.90. The lowest BCUT2D eigenvalue weighted by Gasteiger charge is -2.29. The van der Waals surface area contributed by atoms with Crippen molar-refractivity contribution < 1.29 is 22.4 Å². The number of nitrogens with zero attached hydrogens (tertiary/aromatic N) is 1. The quantitative estimate of drug-likeness (QED) is 0.821. The monoisotopic (exact) mass is 420 g/mol. The number of amides is 1. The fourth-order valence-corrected chi connectivity index (χ4v) is 5.71. The highest BCUT2D eigenvalue weighted by Crippen LogP contribution is 2.30. The molecule has 1 amide bonds. The van der Waals surface area contributed by atoms with Gasteiger partial charge in [0, 0.05) is 30.1 Å². The first-order chi connectivity index (χ1) is 13.9. The number of aryl methyl sites for hydroxylation is 1. The Morgan fingerprint density at radius 3 is 2.62 bits per heavy atom. The zero-order valence-corrected chi connectivity index (χ0v) is 17.8. The van der Waals surface area contributed by atoms with Crippen LogP contribution in [-0.4, -0.2) is 51.0 Å². The molecule has 1 saturated carbocycles. The molecule has 4 rings (SSSR count). The summed E-state index contributed by atoms with van der Waals surface area (Å²) in [6.45, 7) is 5.46. The first kappa shape index (κ1) is 20.4. The maximum atomic E-state index is 12.9. The van der Waals surface area contributed by atoms with E-state index in [2.05, 4.69) is 12.2 Å². The Bertz CT molecular complexity index is 1010. The summed E-state index contributed by atoms with van der Waals surface area (Å²) >= 11 is 0. The van der Waals surface area contributed by atoms with Crippen LogP contribution in [0.5, 0.6) is 0 Å². The van der Waals surface area contributed by atoms with Crippen molar-refractivity contribution in [3.8, 4) is 0 Å². The number of furan rings is 1. The molecule has 0 radical (unpaired) electrons. The van der Waals surface area contributed by atoms with Crippen molar-refractivity contribution in [3.63, 3.8) is 0 Å². The average Bonchev–Trinajstić information content (AvgIpc) is 3.06. The molecule has 2 aliphatic rings. The van der Waals surface area contributed by atoms with Crippen LogP contribution in [0.4, 0.5) is 0 Å². The van der Waals surface area contributed by atoms with Crippen LogP contribution in [0.25, 0.3) is 11.0 Å². The van der Waals surface area contributed by atoms with Crippen molar-refractivity contribution in [2.24, 2.45) is 5.92 Å². The van der Waals surface area contributed by atoms with Crippen LogP contribution in [0.1, 0.15) is 48.7 Å². The molecule has 2 aromatic rings. The molecular formula is C21H28N2O5S. The van der Waals surface area contributed by atoms with E-state index in [4.69, 9.17) is 9.15 Å². The number of ether oxygens (including phenoxy) is 1. The molecule has 0 bridgehead atoms. The standard InChI is InChI=1S/C21H28N2O5S/c1-14-5-3-4-6-18(14)22-21(24)20-15(2)17-13-16(7-8-19(17)28-20)29(25,26)23-9-11-27-12-10-23/h7-8,13-14,18H,3-6,9-12H2,1-2H3,(H,22,24). The van der Waals surface area contributed by atoms with Gasteiger partial charge in [0.25, 0.3) is 5.91 Å². The maximum absolute atomic E-state index is 12.9. The summed E-state index contributed by atoms with van der Waals surface area (Å²) in [4.78, 5) is 13.0. The van der Waals surface area contributed by atoms with Crippen LogP contribution in [0.3, 0.4) is 0 Å². The number of fused-ring (bicyclic) bond motifs is 1. The van der Waals surface area contributed by atoms with Gasteiger partial charge in [0.05, 0.1) is 18.1 Å². The number of carbonyl (C=O) groups is 1. The fraction of sp³-hybridized carbons (Fsp3) is 0.571. The predicted octanol–water partition coefficient (Wildman–Crippen LogP) is 3.07. The zero-order valence-electron chi connectivity index (χ0n) is 16.9. The zero-order chi connectivity index (χ0) is 20.6. The summed E-state index contributed by atoms with van der Waals surface area (Å²) < 4.78 is 38.4. The Kier molecular flexibility index (Phi) is 5.68. The molecule has 1 N–H and O–H groups in total. The van der Waals surface area contributed by atoms with Crippen molar-refractivity contribution >= 4 is 26.9 Å². The third kappa shape index (κ3) is 3.93. The van der Waals surface area contributed by atoms with Crippen LogP contribution in [-0.2, 0) is 14.8 Å². The SMILES string of the molecule is Cc1c(C(=O)NC2CCCCC2C)oc2ccc(S(=O)(=O)N3CCOCC3)cc12. The van der Waals surface area contributed by atoms with Gasteiger partial charge in [-0.15, -0.1) is 0 Å². The largest absolute Gasteiger partial charge is 0.451 e. The number of rotatable bonds is 4. The Morgan fingerprint density at radius 1 is 1.17 bits per heavy atom. The van der Waals surface area contributed by atoms with Crippen molar-refractivity contribution in [2.45, 2.75) is 50.5 Å². The molecule has 0 spiro atoms. The predicted molar refractivity (Wildman–Crippen MR) is 109 cm³/mol. The van der Waals surface area contributed by atoms with Gasteiger partial charge < -0.3 is 14.5 Å².